The SMILES string of the molecule is CC(C)(C)OC(=O)NCCCC(=O)NCc1cccnc1. The molecule has 0 saturated heterocycles. The molecule has 6 nitrogen and oxygen atoms in total. The standard InChI is InChI=1S/C15H23N3O3/c1-15(2,3)21-14(20)17-9-5-7-13(19)18-11-12-6-4-8-16-10-12/h4,6,8,10H,5,7,9,11H2,1-3H3,(H,17,20)(H,18,19). The summed E-state index contributed by atoms with van der Waals surface area (Å²) in [6, 6.07) is 3.73. The fourth-order valence-electron chi connectivity index (χ4n) is 1.55. The number of carbonyl (C=O) groups excluding carboxylic acids is 2. The van der Waals surface area contributed by atoms with Crippen LogP contribution in [0.2, 0.25) is 0 Å². The molecule has 1 aromatic heterocycles. The molecule has 0 aliphatic carbocycles. The molecule has 6 heteroatoms. The quantitative estimate of drug-likeness (QED) is 0.786. The van der Waals surface area contributed by atoms with E-state index < -0.39 is 11.7 Å². The molecule has 0 bridgehead atoms. The Morgan fingerprint density at radius 1 is 1.29 bits per heavy atom. The summed E-state index contributed by atoms with van der Waals surface area (Å²) in [5.41, 5.74) is 0.447. The van der Waals surface area contributed by atoms with Gasteiger partial charge in [0.2, 0.25) is 5.91 Å². The van der Waals surface area contributed by atoms with E-state index >= 15 is 0 Å². The van der Waals surface area contributed by atoms with Crippen LogP contribution < -0.4 is 10.6 Å². The van der Waals surface area contributed by atoms with E-state index in [2.05, 4.69) is 15.6 Å². The van der Waals surface area contributed by atoms with E-state index in [4.69, 9.17) is 4.74 Å². The van der Waals surface area contributed by atoms with Gasteiger partial charge in [0.05, 0.1) is 0 Å². The number of pyridine rings is 1. The highest BCUT2D eigenvalue weighted by Crippen LogP contribution is 2.06. The lowest BCUT2D eigenvalue weighted by molar-refractivity contribution is -0.121. The monoisotopic (exact) mass is 293 g/mol. The van der Waals surface area contributed by atoms with Gasteiger partial charge in [-0.1, -0.05) is 6.07 Å². The largest absolute Gasteiger partial charge is 0.444 e. The molecule has 0 unspecified atom stereocenters. The number of alkyl carbamates (subject to hydrolysis) is 1. The van der Waals surface area contributed by atoms with Crippen molar-refractivity contribution >= 4 is 12.0 Å². The number of carbonyl (C=O) groups is 2. The average molecular weight is 293 g/mol. The second-order valence-corrected chi connectivity index (χ2v) is 5.67. The number of hydrogen-bond donors (Lipinski definition) is 2. The molecule has 0 radical (unpaired) electrons. The van der Waals surface area contributed by atoms with Gasteiger partial charge in [-0.15, -0.1) is 0 Å². The van der Waals surface area contributed by atoms with Crippen molar-refractivity contribution < 1.29 is 14.3 Å². The lowest BCUT2D eigenvalue weighted by Crippen LogP contribution is -2.33. The second-order valence-electron chi connectivity index (χ2n) is 5.67. The summed E-state index contributed by atoms with van der Waals surface area (Å²) in [6.45, 7) is 6.29. The Hall–Kier alpha value is -2.11. The third kappa shape index (κ3) is 8.62. The van der Waals surface area contributed by atoms with Crippen molar-refractivity contribution in [1.29, 1.82) is 0 Å². The molecule has 0 spiro atoms. The zero-order chi connectivity index (χ0) is 15.7. The minimum absolute atomic E-state index is 0.0511. The normalized spacial score (nSPS) is 10.8. The molecule has 1 heterocycles. The van der Waals surface area contributed by atoms with Crippen LogP contribution in [0.5, 0.6) is 0 Å². The maximum atomic E-state index is 11.6. The summed E-state index contributed by atoms with van der Waals surface area (Å²) in [4.78, 5) is 27.0. The third-order valence-corrected chi connectivity index (χ3v) is 2.46. The number of hydrogen-bond acceptors (Lipinski definition) is 4. The highest BCUT2D eigenvalue weighted by molar-refractivity contribution is 5.75. The molecule has 2 N–H and O–H groups in total. The Balaban J connectivity index is 2.10. The molecule has 116 valence electrons. The van der Waals surface area contributed by atoms with Crippen LogP contribution in [0.15, 0.2) is 24.5 Å². The van der Waals surface area contributed by atoms with E-state index in [1.54, 1.807) is 33.2 Å². The number of amides is 2. The number of nitrogens with zero attached hydrogens (tertiary/aromatic N) is 1. The smallest absolute Gasteiger partial charge is 0.407 e. The first kappa shape index (κ1) is 16.9. The van der Waals surface area contributed by atoms with Gasteiger partial charge < -0.3 is 15.4 Å². The molecule has 0 aliphatic rings. The fraction of sp³-hybridized carbons (Fsp3) is 0.533. The van der Waals surface area contributed by atoms with Gasteiger partial charge in [-0.2, -0.15) is 0 Å². The Morgan fingerprint density at radius 3 is 2.67 bits per heavy atom. The molecule has 0 saturated carbocycles. The topological polar surface area (TPSA) is 80.3 Å². The Bertz CT molecular complexity index is 455. The van der Waals surface area contributed by atoms with E-state index in [1.807, 2.05) is 12.1 Å². The van der Waals surface area contributed by atoms with Gasteiger partial charge >= 0.3 is 6.09 Å². The van der Waals surface area contributed by atoms with Crippen molar-refractivity contribution in [2.24, 2.45) is 0 Å². The maximum Gasteiger partial charge on any atom is 0.407 e. The first-order valence-electron chi connectivity index (χ1n) is 6.99. The summed E-state index contributed by atoms with van der Waals surface area (Å²) in [7, 11) is 0. The molecular weight excluding hydrogens is 270 g/mol. The molecule has 21 heavy (non-hydrogen) atoms. The van der Waals surface area contributed by atoms with E-state index in [-0.39, 0.29) is 5.91 Å². The van der Waals surface area contributed by atoms with Crippen molar-refractivity contribution in [1.82, 2.24) is 15.6 Å². The lowest BCUT2D eigenvalue weighted by atomic mass is 10.2. The number of rotatable bonds is 6. The zero-order valence-electron chi connectivity index (χ0n) is 12.8. The molecule has 2 amide bonds. The molecule has 0 aliphatic heterocycles. The van der Waals surface area contributed by atoms with Gasteiger partial charge in [-0.05, 0) is 38.8 Å². The summed E-state index contributed by atoms with van der Waals surface area (Å²) in [5, 5.41) is 5.42. The van der Waals surface area contributed by atoms with Crippen LogP contribution in [-0.4, -0.2) is 29.1 Å². The van der Waals surface area contributed by atoms with Gasteiger partial charge in [0.1, 0.15) is 5.60 Å². The fourth-order valence-corrected chi connectivity index (χ4v) is 1.55. The van der Waals surface area contributed by atoms with Crippen molar-refractivity contribution in [3.8, 4) is 0 Å². The van der Waals surface area contributed by atoms with Crippen LogP contribution in [0.25, 0.3) is 0 Å². The van der Waals surface area contributed by atoms with Crippen LogP contribution in [-0.2, 0) is 16.1 Å². The minimum atomic E-state index is -0.509. The molecule has 0 fully saturated rings. The second kappa shape index (κ2) is 8.24. The average Bonchev–Trinajstić information content (AvgIpc) is 2.40. The van der Waals surface area contributed by atoms with Crippen molar-refractivity contribution in [3.05, 3.63) is 30.1 Å². The van der Waals surface area contributed by atoms with E-state index in [1.165, 1.54) is 0 Å². The van der Waals surface area contributed by atoms with E-state index in [0.717, 1.165) is 5.56 Å². The Kier molecular flexibility index (Phi) is 6.65. The van der Waals surface area contributed by atoms with Crippen molar-refractivity contribution in [3.63, 3.8) is 0 Å². The van der Waals surface area contributed by atoms with Crippen LogP contribution in [0.3, 0.4) is 0 Å². The maximum absolute atomic E-state index is 11.6. The number of nitrogens with one attached hydrogen (secondary N) is 2. The van der Waals surface area contributed by atoms with Crippen molar-refractivity contribution in [2.75, 3.05) is 6.54 Å². The summed E-state index contributed by atoms with van der Waals surface area (Å²) in [6.07, 6.45) is 3.87. The van der Waals surface area contributed by atoms with Crippen LogP contribution in [0.1, 0.15) is 39.2 Å². The van der Waals surface area contributed by atoms with Crippen LogP contribution in [0.4, 0.5) is 4.79 Å². The van der Waals surface area contributed by atoms with Gasteiger partial charge in [-0.3, -0.25) is 9.78 Å². The number of ether oxygens (including phenoxy) is 1. The predicted octanol–water partition coefficient (Wildman–Crippen LogP) is 2.00. The highest BCUT2D eigenvalue weighted by atomic mass is 16.6. The van der Waals surface area contributed by atoms with Crippen molar-refractivity contribution in [2.45, 2.75) is 45.8 Å². The summed E-state index contributed by atoms with van der Waals surface area (Å²) in [5.74, 6) is -0.0511. The van der Waals surface area contributed by atoms with E-state index in [9.17, 15) is 9.59 Å². The lowest BCUT2D eigenvalue weighted by Gasteiger charge is -2.19. The predicted molar refractivity (Wildman–Crippen MR) is 79.6 cm³/mol. The molecule has 1 aromatic rings. The molecule has 1 rings (SSSR count). The van der Waals surface area contributed by atoms with Crippen LogP contribution >= 0.6 is 0 Å². The first-order chi connectivity index (χ1) is 9.87. The van der Waals surface area contributed by atoms with Gasteiger partial charge in [-0.25, -0.2) is 4.79 Å². The van der Waals surface area contributed by atoms with Gasteiger partial charge in [0.15, 0.2) is 0 Å². The first-order valence-corrected chi connectivity index (χ1v) is 6.99. The number of aromatic nitrogens is 1. The minimum Gasteiger partial charge on any atom is -0.444 e. The van der Waals surface area contributed by atoms with Gasteiger partial charge in [0, 0.05) is 31.9 Å². The zero-order valence-corrected chi connectivity index (χ0v) is 12.8. The molecule has 0 aromatic carbocycles. The van der Waals surface area contributed by atoms with Crippen LogP contribution in [0, 0.1) is 0 Å². The molecular formula is C15H23N3O3. The third-order valence-electron chi connectivity index (χ3n) is 2.46. The summed E-state index contributed by atoms with van der Waals surface area (Å²) < 4.78 is 5.09. The summed E-state index contributed by atoms with van der Waals surface area (Å²) >= 11 is 0. The van der Waals surface area contributed by atoms with Gasteiger partial charge in [0.25, 0.3) is 0 Å². The molecule has 0 atom stereocenters. The Morgan fingerprint density at radius 2 is 2.05 bits per heavy atom. The van der Waals surface area contributed by atoms with E-state index in [0.29, 0.717) is 25.9 Å². The highest BCUT2D eigenvalue weighted by Gasteiger charge is 2.15. The Labute approximate surface area is 125 Å².